The van der Waals surface area contributed by atoms with Gasteiger partial charge in [-0.3, -0.25) is 19.4 Å². The quantitative estimate of drug-likeness (QED) is 0.481. The highest BCUT2D eigenvalue weighted by molar-refractivity contribution is 5.80. The molecule has 0 saturated heterocycles. The van der Waals surface area contributed by atoms with E-state index in [1.165, 1.54) is 24.8 Å². The van der Waals surface area contributed by atoms with Gasteiger partial charge in [0.05, 0.1) is 5.69 Å². The molecule has 10 nitrogen and oxygen atoms in total. The Balaban J connectivity index is 0.000000301. The van der Waals surface area contributed by atoms with E-state index in [1.807, 2.05) is 22.9 Å². The van der Waals surface area contributed by atoms with Gasteiger partial charge < -0.3 is 15.5 Å². The first-order valence-corrected chi connectivity index (χ1v) is 11.2. The number of alkyl halides is 6. The molecule has 0 aromatic carbocycles. The Morgan fingerprint density at radius 3 is 1.97 bits per heavy atom. The molecule has 1 aliphatic carbocycles. The van der Waals surface area contributed by atoms with Gasteiger partial charge in [0.15, 0.2) is 0 Å². The van der Waals surface area contributed by atoms with E-state index in [0.29, 0.717) is 12.6 Å². The van der Waals surface area contributed by atoms with Crippen molar-refractivity contribution in [2.45, 2.75) is 56.7 Å². The first-order chi connectivity index (χ1) is 17.7. The van der Waals surface area contributed by atoms with Crippen molar-refractivity contribution in [1.82, 2.24) is 25.0 Å². The van der Waals surface area contributed by atoms with E-state index < -0.39 is 24.3 Å². The number of nitrogens with one attached hydrogen (secondary N) is 1. The summed E-state index contributed by atoms with van der Waals surface area (Å²) in [5.41, 5.74) is 2.33. The summed E-state index contributed by atoms with van der Waals surface area (Å²) in [5.74, 6) is -5.45. The van der Waals surface area contributed by atoms with Gasteiger partial charge in [-0.2, -0.15) is 31.4 Å². The van der Waals surface area contributed by atoms with E-state index in [2.05, 4.69) is 20.3 Å². The zero-order chi connectivity index (χ0) is 28.5. The highest BCUT2D eigenvalue weighted by Gasteiger charge is 2.39. The van der Waals surface area contributed by atoms with E-state index in [0.717, 1.165) is 25.2 Å². The third-order valence-electron chi connectivity index (χ3n) is 5.66. The molecule has 210 valence electrons. The maximum absolute atomic E-state index is 12.7. The van der Waals surface area contributed by atoms with Gasteiger partial charge >= 0.3 is 24.3 Å². The first kappa shape index (κ1) is 30.5. The molecule has 1 unspecified atom stereocenters. The normalized spacial score (nSPS) is 17.5. The van der Waals surface area contributed by atoms with Crippen molar-refractivity contribution in [1.29, 1.82) is 0 Å². The first-order valence-electron chi connectivity index (χ1n) is 11.2. The van der Waals surface area contributed by atoms with Gasteiger partial charge in [-0.05, 0) is 43.0 Å². The van der Waals surface area contributed by atoms with Crippen LogP contribution < -0.4 is 5.32 Å². The van der Waals surface area contributed by atoms with E-state index in [-0.39, 0.29) is 11.9 Å². The van der Waals surface area contributed by atoms with Crippen molar-refractivity contribution < 1.29 is 50.9 Å². The van der Waals surface area contributed by atoms with Crippen molar-refractivity contribution in [3.63, 3.8) is 0 Å². The van der Waals surface area contributed by atoms with Crippen molar-refractivity contribution in [2.24, 2.45) is 0 Å². The number of carboxylic acids is 2. The van der Waals surface area contributed by atoms with Gasteiger partial charge in [0.1, 0.15) is 6.04 Å². The molecule has 38 heavy (non-hydrogen) atoms. The molecule has 0 bridgehead atoms. The highest BCUT2D eigenvalue weighted by atomic mass is 19.4. The lowest BCUT2D eigenvalue weighted by Crippen LogP contribution is -2.50. The SMILES string of the molecule is O=C(NCCc1ccncc1)C1CN(C2CCC2)Cc2ccnn21.O=C(O)C(F)(F)F.O=C(O)C(F)(F)F. The molecular weight excluding hydrogens is 528 g/mol. The van der Waals surface area contributed by atoms with Crippen LogP contribution in [-0.4, -0.2) is 79.2 Å². The minimum atomic E-state index is -5.08. The molecule has 3 heterocycles. The minimum absolute atomic E-state index is 0.0676. The standard InChI is InChI=1S/C18H23N5O.2C2HF3O2/c24-18(20-10-6-14-4-8-19-9-5-14)17-13-22(15-2-1-3-15)12-16-7-11-21-23(16)17;2*3-2(4,5)1(6)7/h4-5,7-9,11,15,17H,1-3,6,10,12-13H2,(H,20,24);2*(H,6,7). The number of aliphatic carboxylic acids is 2. The van der Waals surface area contributed by atoms with E-state index in [4.69, 9.17) is 19.8 Å². The fraction of sp³-hybridized carbons (Fsp3) is 0.500. The Hall–Kier alpha value is -3.69. The summed E-state index contributed by atoms with van der Waals surface area (Å²) in [7, 11) is 0. The van der Waals surface area contributed by atoms with Crippen LogP contribution in [-0.2, 0) is 27.3 Å². The monoisotopic (exact) mass is 553 g/mol. The van der Waals surface area contributed by atoms with Gasteiger partial charge in [0.2, 0.25) is 5.91 Å². The number of halogens is 6. The molecule has 0 radical (unpaired) electrons. The van der Waals surface area contributed by atoms with E-state index in [9.17, 15) is 31.1 Å². The van der Waals surface area contributed by atoms with Crippen LogP contribution in [0.5, 0.6) is 0 Å². The maximum Gasteiger partial charge on any atom is 0.490 e. The molecule has 1 amide bonds. The number of aromatic nitrogens is 3. The largest absolute Gasteiger partial charge is 0.490 e. The van der Waals surface area contributed by atoms with Crippen LogP contribution in [0.15, 0.2) is 36.8 Å². The van der Waals surface area contributed by atoms with Crippen LogP contribution in [0, 0.1) is 0 Å². The summed E-state index contributed by atoms with van der Waals surface area (Å²) in [4.78, 5) is 37.0. The molecule has 16 heteroatoms. The summed E-state index contributed by atoms with van der Waals surface area (Å²) >= 11 is 0. The third kappa shape index (κ3) is 9.32. The molecule has 1 saturated carbocycles. The number of rotatable bonds is 5. The Morgan fingerprint density at radius 1 is 0.947 bits per heavy atom. The second kappa shape index (κ2) is 13.2. The lowest BCUT2D eigenvalue weighted by atomic mass is 9.90. The average Bonchev–Trinajstić information content (AvgIpc) is 3.26. The van der Waals surface area contributed by atoms with Crippen LogP contribution in [0.25, 0.3) is 0 Å². The lowest BCUT2D eigenvalue weighted by molar-refractivity contribution is -0.193. The highest BCUT2D eigenvalue weighted by Crippen LogP contribution is 2.30. The van der Waals surface area contributed by atoms with Crippen LogP contribution >= 0.6 is 0 Å². The molecule has 1 fully saturated rings. The maximum atomic E-state index is 12.7. The van der Waals surface area contributed by atoms with Crippen molar-refractivity contribution in [3.8, 4) is 0 Å². The van der Waals surface area contributed by atoms with Crippen molar-refractivity contribution in [3.05, 3.63) is 48.0 Å². The van der Waals surface area contributed by atoms with Crippen molar-refractivity contribution >= 4 is 17.8 Å². The van der Waals surface area contributed by atoms with E-state index in [1.54, 1.807) is 18.6 Å². The van der Waals surface area contributed by atoms with Gasteiger partial charge in [0.25, 0.3) is 0 Å². The Labute approximate surface area is 212 Å². The summed E-state index contributed by atoms with van der Waals surface area (Å²) in [6, 6.07) is 6.41. The molecule has 2 aliphatic rings. The Morgan fingerprint density at radius 2 is 1.50 bits per heavy atom. The van der Waals surface area contributed by atoms with Gasteiger partial charge in [-0.1, -0.05) is 6.42 Å². The van der Waals surface area contributed by atoms with Gasteiger partial charge in [0, 0.05) is 44.3 Å². The smallest absolute Gasteiger partial charge is 0.475 e. The molecule has 1 atom stereocenters. The Kier molecular flexibility index (Phi) is 10.6. The summed E-state index contributed by atoms with van der Waals surface area (Å²) in [6.45, 7) is 2.31. The zero-order valence-corrected chi connectivity index (χ0v) is 19.7. The predicted octanol–water partition coefficient (Wildman–Crippen LogP) is 2.81. The number of amides is 1. The van der Waals surface area contributed by atoms with Gasteiger partial charge in [-0.25, -0.2) is 9.59 Å². The summed E-state index contributed by atoms with van der Waals surface area (Å²) < 4.78 is 65.4. The predicted molar refractivity (Wildman–Crippen MR) is 118 cm³/mol. The zero-order valence-electron chi connectivity index (χ0n) is 19.7. The number of carbonyl (C=O) groups is 3. The molecule has 4 rings (SSSR count). The number of hydrogen-bond acceptors (Lipinski definition) is 6. The average molecular weight is 553 g/mol. The summed E-state index contributed by atoms with van der Waals surface area (Å²) in [6.07, 6.45) is -0.163. The van der Waals surface area contributed by atoms with E-state index >= 15 is 0 Å². The fourth-order valence-corrected chi connectivity index (χ4v) is 3.54. The molecule has 1 aliphatic heterocycles. The second-order valence-electron chi connectivity index (χ2n) is 8.30. The van der Waals surface area contributed by atoms with Crippen LogP contribution in [0.3, 0.4) is 0 Å². The molecule has 3 N–H and O–H groups in total. The second-order valence-corrected chi connectivity index (χ2v) is 8.30. The molecule has 2 aromatic rings. The topological polar surface area (TPSA) is 138 Å². The number of hydrogen-bond donors (Lipinski definition) is 3. The minimum Gasteiger partial charge on any atom is -0.475 e. The molecule has 0 spiro atoms. The van der Waals surface area contributed by atoms with Crippen LogP contribution in [0.1, 0.15) is 36.6 Å². The Bertz CT molecular complexity index is 1050. The molecular formula is C22H25F6N5O5. The number of nitrogens with zero attached hydrogens (tertiary/aromatic N) is 4. The number of pyridine rings is 1. The number of fused-ring (bicyclic) bond motifs is 1. The summed E-state index contributed by atoms with van der Waals surface area (Å²) in [5, 5.41) is 21.7. The number of carboxylic acid groups (broad SMARTS) is 2. The molecule has 2 aromatic heterocycles. The fourth-order valence-electron chi connectivity index (χ4n) is 3.54. The van der Waals surface area contributed by atoms with Crippen molar-refractivity contribution in [2.75, 3.05) is 13.1 Å². The van der Waals surface area contributed by atoms with Crippen LogP contribution in [0.2, 0.25) is 0 Å². The number of carbonyl (C=O) groups excluding carboxylic acids is 1. The third-order valence-corrected chi connectivity index (χ3v) is 5.66. The lowest BCUT2D eigenvalue weighted by Gasteiger charge is -2.42. The van der Waals surface area contributed by atoms with Crippen LogP contribution in [0.4, 0.5) is 26.3 Å². The van der Waals surface area contributed by atoms with Gasteiger partial charge in [-0.15, -0.1) is 0 Å².